The Morgan fingerprint density at radius 3 is 2.57 bits per heavy atom. The zero-order chi connectivity index (χ0) is 21.5. The lowest BCUT2D eigenvalue weighted by Crippen LogP contribution is -2.01. The first-order chi connectivity index (χ1) is 14.5. The van der Waals surface area contributed by atoms with E-state index in [2.05, 4.69) is 20.2 Å². The minimum absolute atomic E-state index is 0.0715. The molecule has 1 N–H and O–H groups in total. The van der Waals surface area contributed by atoms with Crippen molar-refractivity contribution in [3.05, 3.63) is 52.4 Å². The number of furan rings is 1. The number of hydrogen-bond acceptors (Lipinski definition) is 10. The number of nitrogens with one attached hydrogen (secondary N) is 1. The molecule has 10 heteroatoms. The molecule has 0 aliphatic carbocycles. The summed E-state index contributed by atoms with van der Waals surface area (Å²) < 4.78 is 26.8. The van der Waals surface area contributed by atoms with Crippen molar-refractivity contribution < 1.29 is 28.2 Å². The molecule has 0 aliphatic heterocycles. The SMILES string of the molecule is COC(=O)c1ccc(COc2c(OC)cc(C=NNc3nc(C)cs3)cc2OC)o1. The van der Waals surface area contributed by atoms with E-state index in [4.69, 9.17) is 18.6 Å². The van der Waals surface area contributed by atoms with Crippen LogP contribution in [0.25, 0.3) is 0 Å². The lowest BCUT2D eigenvalue weighted by atomic mass is 10.2. The molecule has 30 heavy (non-hydrogen) atoms. The Hall–Kier alpha value is -3.53. The molecule has 0 spiro atoms. The number of ether oxygens (including phenoxy) is 4. The van der Waals surface area contributed by atoms with Gasteiger partial charge in [-0.05, 0) is 31.2 Å². The lowest BCUT2D eigenvalue weighted by Gasteiger charge is -2.14. The van der Waals surface area contributed by atoms with E-state index in [1.807, 2.05) is 12.3 Å². The van der Waals surface area contributed by atoms with E-state index in [0.717, 1.165) is 11.3 Å². The summed E-state index contributed by atoms with van der Waals surface area (Å²) in [7, 11) is 4.35. The molecule has 0 bridgehead atoms. The summed E-state index contributed by atoms with van der Waals surface area (Å²) in [4.78, 5) is 15.8. The average Bonchev–Trinajstić information content (AvgIpc) is 3.40. The number of hydrazone groups is 1. The second-order valence-corrected chi connectivity index (χ2v) is 6.82. The number of hydrogen-bond donors (Lipinski definition) is 1. The summed E-state index contributed by atoms with van der Waals surface area (Å²) in [6.45, 7) is 1.99. The predicted molar refractivity (Wildman–Crippen MR) is 112 cm³/mol. The maximum absolute atomic E-state index is 11.5. The predicted octanol–water partition coefficient (Wildman–Crippen LogP) is 3.87. The standard InChI is InChI=1S/C20H21N3O6S/c1-12-11-30-20(22-12)23-21-9-13-7-16(25-2)18(17(8-13)26-3)28-10-14-5-6-15(29-14)19(24)27-4/h5-9,11H,10H2,1-4H3,(H,22,23). The number of nitrogens with zero attached hydrogens (tertiary/aromatic N) is 2. The van der Waals surface area contributed by atoms with Crippen LogP contribution < -0.4 is 19.6 Å². The average molecular weight is 431 g/mol. The zero-order valence-corrected chi connectivity index (χ0v) is 17.7. The van der Waals surface area contributed by atoms with Gasteiger partial charge in [0.25, 0.3) is 0 Å². The molecule has 0 unspecified atom stereocenters. The molecular weight excluding hydrogens is 410 g/mol. The van der Waals surface area contributed by atoms with Crippen LogP contribution in [0.15, 0.2) is 39.2 Å². The number of thiazole rings is 1. The molecule has 2 aromatic heterocycles. The minimum Gasteiger partial charge on any atom is -0.493 e. The molecule has 2 heterocycles. The molecule has 3 aromatic rings. The lowest BCUT2D eigenvalue weighted by molar-refractivity contribution is 0.0560. The highest BCUT2D eigenvalue weighted by molar-refractivity contribution is 7.13. The minimum atomic E-state index is -0.554. The molecule has 1 aromatic carbocycles. The van der Waals surface area contributed by atoms with Gasteiger partial charge in [-0.25, -0.2) is 9.78 Å². The van der Waals surface area contributed by atoms with Gasteiger partial charge < -0.3 is 23.4 Å². The highest BCUT2D eigenvalue weighted by atomic mass is 32.1. The number of rotatable bonds is 9. The van der Waals surface area contributed by atoms with Crippen molar-refractivity contribution in [2.45, 2.75) is 13.5 Å². The molecule has 0 radical (unpaired) electrons. The Morgan fingerprint density at radius 2 is 1.97 bits per heavy atom. The van der Waals surface area contributed by atoms with Gasteiger partial charge in [0.15, 0.2) is 11.5 Å². The summed E-state index contributed by atoms with van der Waals surface area (Å²) in [5.74, 6) is 1.32. The Morgan fingerprint density at radius 1 is 1.23 bits per heavy atom. The second-order valence-electron chi connectivity index (χ2n) is 5.96. The van der Waals surface area contributed by atoms with Crippen molar-refractivity contribution in [1.82, 2.24) is 4.98 Å². The zero-order valence-electron chi connectivity index (χ0n) is 16.9. The fourth-order valence-electron chi connectivity index (χ4n) is 2.49. The first-order valence-electron chi connectivity index (χ1n) is 8.81. The Labute approximate surface area is 177 Å². The van der Waals surface area contributed by atoms with Crippen LogP contribution >= 0.6 is 11.3 Å². The maximum atomic E-state index is 11.5. The van der Waals surface area contributed by atoms with Crippen molar-refractivity contribution >= 4 is 28.7 Å². The molecule has 0 fully saturated rings. The Kier molecular flexibility index (Phi) is 6.91. The van der Waals surface area contributed by atoms with Gasteiger partial charge in [-0.15, -0.1) is 11.3 Å². The van der Waals surface area contributed by atoms with E-state index in [0.29, 0.717) is 28.1 Å². The number of aryl methyl sites for hydroxylation is 1. The number of anilines is 1. The van der Waals surface area contributed by atoms with Gasteiger partial charge in [0.05, 0.1) is 33.2 Å². The summed E-state index contributed by atoms with van der Waals surface area (Å²) in [5.41, 5.74) is 4.55. The van der Waals surface area contributed by atoms with Crippen LogP contribution in [-0.2, 0) is 11.3 Å². The highest BCUT2D eigenvalue weighted by Gasteiger charge is 2.16. The van der Waals surface area contributed by atoms with Crippen LogP contribution in [0.2, 0.25) is 0 Å². The van der Waals surface area contributed by atoms with Gasteiger partial charge in [-0.2, -0.15) is 5.10 Å². The first kappa shape index (κ1) is 21.2. The van der Waals surface area contributed by atoms with E-state index < -0.39 is 5.97 Å². The van der Waals surface area contributed by atoms with Crippen molar-refractivity contribution in [2.24, 2.45) is 5.10 Å². The van der Waals surface area contributed by atoms with Crippen molar-refractivity contribution in [1.29, 1.82) is 0 Å². The number of methoxy groups -OCH3 is 3. The Bertz CT molecular complexity index is 1020. The van der Waals surface area contributed by atoms with Crippen LogP contribution in [0.5, 0.6) is 17.2 Å². The molecule has 158 valence electrons. The summed E-state index contributed by atoms with van der Waals surface area (Å²) >= 11 is 1.47. The normalized spacial score (nSPS) is 10.8. The van der Waals surface area contributed by atoms with Crippen LogP contribution in [0.1, 0.15) is 27.6 Å². The van der Waals surface area contributed by atoms with Gasteiger partial charge >= 0.3 is 5.97 Å². The van der Waals surface area contributed by atoms with E-state index in [1.54, 1.807) is 24.4 Å². The monoisotopic (exact) mass is 431 g/mol. The number of carbonyl (C=O) groups excluding carboxylic acids is 1. The third-order valence-electron chi connectivity index (χ3n) is 3.88. The fourth-order valence-corrected chi connectivity index (χ4v) is 3.13. The molecule has 0 saturated heterocycles. The molecule has 0 atom stereocenters. The van der Waals surface area contributed by atoms with Crippen LogP contribution in [0, 0.1) is 6.92 Å². The first-order valence-corrected chi connectivity index (χ1v) is 9.69. The van der Waals surface area contributed by atoms with E-state index >= 15 is 0 Å². The summed E-state index contributed by atoms with van der Waals surface area (Å²) in [6, 6.07) is 6.68. The van der Waals surface area contributed by atoms with Gasteiger partial charge in [0.2, 0.25) is 16.6 Å². The van der Waals surface area contributed by atoms with Crippen molar-refractivity contribution in [2.75, 3.05) is 26.8 Å². The van der Waals surface area contributed by atoms with Gasteiger partial charge in [0, 0.05) is 10.9 Å². The molecule has 9 nitrogen and oxygen atoms in total. The summed E-state index contributed by atoms with van der Waals surface area (Å²) in [6.07, 6.45) is 1.63. The molecular formula is C20H21N3O6S. The molecule has 3 rings (SSSR count). The number of esters is 1. The van der Waals surface area contributed by atoms with Crippen LogP contribution in [0.4, 0.5) is 5.13 Å². The van der Waals surface area contributed by atoms with Gasteiger partial charge in [-0.3, -0.25) is 5.43 Å². The van der Waals surface area contributed by atoms with Crippen molar-refractivity contribution in [3.63, 3.8) is 0 Å². The second kappa shape index (κ2) is 9.79. The van der Waals surface area contributed by atoms with Crippen LogP contribution in [0.3, 0.4) is 0 Å². The number of benzene rings is 1. The van der Waals surface area contributed by atoms with E-state index in [-0.39, 0.29) is 12.4 Å². The molecule has 0 amide bonds. The quantitative estimate of drug-likeness (QED) is 0.309. The van der Waals surface area contributed by atoms with Crippen LogP contribution in [-0.4, -0.2) is 38.5 Å². The van der Waals surface area contributed by atoms with E-state index in [1.165, 1.54) is 38.7 Å². The van der Waals surface area contributed by atoms with Gasteiger partial charge in [-0.1, -0.05) is 0 Å². The van der Waals surface area contributed by atoms with E-state index in [9.17, 15) is 4.79 Å². The smallest absolute Gasteiger partial charge is 0.373 e. The maximum Gasteiger partial charge on any atom is 0.373 e. The fraction of sp³-hybridized carbons (Fsp3) is 0.250. The van der Waals surface area contributed by atoms with Crippen molar-refractivity contribution in [3.8, 4) is 17.2 Å². The highest BCUT2D eigenvalue weighted by Crippen LogP contribution is 2.38. The largest absolute Gasteiger partial charge is 0.493 e. The third-order valence-corrected chi connectivity index (χ3v) is 4.75. The summed E-state index contributed by atoms with van der Waals surface area (Å²) in [5, 5.41) is 6.82. The van der Waals surface area contributed by atoms with Gasteiger partial charge in [0.1, 0.15) is 12.4 Å². The Balaban J connectivity index is 1.74. The number of aromatic nitrogens is 1. The molecule has 0 saturated carbocycles. The number of carbonyl (C=O) groups is 1. The third kappa shape index (κ3) is 5.09. The topological polar surface area (TPSA) is 104 Å². The molecule has 0 aliphatic rings.